The third-order valence-electron chi connectivity index (χ3n) is 3.34. The molecule has 6 heteroatoms. The first kappa shape index (κ1) is 17.3. The first-order chi connectivity index (χ1) is 10.9. The van der Waals surface area contributed by atoms with Gasteiger partial charge in [-0.25, -0.2) is 13.1 Å². The highest BCUT2D eigenvalue weighted by atomic mass is 32.2. The zero-order valence-corrected chi connectivity index (χ0v) is 14.3. The van der Waals surface area contributed by atoms with Crippen LogP contribution in [0.3, 0.4) is 0 Å². The van der Waals surface area contributed by atoms with Gasteiger partial charge in [0.2, 0.25) is 10.0 Å². The molecule has 2 aromatic rings. The zero-order valence-electron chi connectivity index (χ0n) is 13.5. The Bertz CT molecular complexity index is 772. The van der Waals surface area contributed by atoms with Crippen LogP contribution in [-0.2, 0) is 10.0 Å². The van der Waals surface area contributed by atoms with Gasteiger partial charge in [0.25, 0.3) is 0 Å². The van der Waals surface area contributed by atoms with Crippen molar-refractivity contribution in [1.29, 1.82) is 0 Å². The molecule has 0 heterocycles. The van der Waals surface area contributed by atoms with Crippen LogP contribution in [-0.4, -0.2) is 28.7 Å². The number of ether oxygens (including phenoxy) is 2. The van der Waals surface area contributed by atoms with Crippen LogP contribution in [0.1, 0.15) is 11.1 Å². The van der Waals surface area contributed by atoms with Gasteiger partial charge in [0, 0.05) is 12.6 Å². The Morgan fingerprint density at radius 1 is 1.04 bits per heavy atom. The van der Waals surface area contributed by atoms with E-state index in [4.69, 9.17) is 9.47 Å². The van der Waals surface area contributed by atoms with Gasteiger partial charge in [0.15, 0.2) is 0 Å². The van der Waals surface area contributed by atoms with Crippen molar-refractivity contribution >= 4 is 10.0 Å². The van der Waals surface area contributed by atoms with Crippen LogP contribution in [0.25, 0.3) is 0 Å². The smallest absolute Gasteiger partial charge is 0.240 e. The minimum absolute atomic E-state index is 0.187. The average molecular weight is 335 g/mol. The van der Waals surface area contributed by atoms with Crippen molar-refractivity contribution in [2.24, 2.45) is 0 Å². The summed E-state index contributed by atoms with van der Waals surface area (Å²) in [5.74, 6) is 1.33. The molecule has 0 radical (unpaired) electrons. The van der Waals surface area contributed by atoms with E-state index in [1.807, 2.05) is 25.1 Å². The van der Waals surface area contributed by atoms with E-state index in [0.717, 1.165) is 11.1 Å². The highest BCUT2D eigenvalue weighted by Crippen LogP contribution is 2.19. The molecule has 0 fully saturated rings. The Balaban J connectivity index is 1.93. The Labute approximate surface area is 137 Å². The number of sulfonamides is 1. The lowest BCUT2D eigenvalue weighted by Gasteiger charge is -2.11. The van der Waals surface area contributed by atoms with Crippen molar-refractivity contribution in [2.75, 3.05) is 20.3 Å². The normalized spacial score (nSPS) is 11.3. The second kappa shape index (κ2) is 7.48. The van der Waals surface area contributed by atoms with Gasteiger partial charge in [-0.2, -0.15) is 0 Å². The predicted molar refractivity (Wildman–Crippen MR) is 89.6 cm³/mol. The van der Waals surface area contributed by atoms with Crippen molar-refractivity contribution in [3.8, 4) is 11.5 Å². The van der Waals surface area contributed by atoms with Gasteiger partial charge in [-0.15, -0.1) is 0 Å². The van der Waals surface area contributed by atoms with Crippen LogP contribution in [0.5, 0.6) is 11.5 Å². The number of methoxy groups -OCH3 is 1. The monoisotopic (exact) mass is 335 g/mol. The average Bonchev–Trinajstić information content (AvgIpc) is 2.54. The van der Waals surface area contributed by atoms with Crippen molar-refractivity contribution in [3.05, 3.63) is 53.6 Å². The number of benzene rings is 2. The van der Waals surface area contributed by atoms with Crippen LogP contribution in [0, 0.1) is 13.8 Å². The van der Waals surface area contributed by atoms with Gasteiger partial charge in [-0.3, -0.25) is 0 Å². The van der Waals surface area contributed by atoms with E-state index < -0.39 is 10.0 Å². The van der Waals surface area contributed by atoms with Crippen LogP contribution in [0.2, 0.25) is 0 Å². The van der Waals surface area contributed by atoms with E-state index in [9.17, 15) is 8.42 Å². The quantitative estimate of drug-likeness (QED) is 0.790. The molecule has 0 atom stereocenters. The fraction of sp³-hybridized carbons (Fsp3) is 0.294. The molecule has 5 nitrogen and oxygen atoms in total. The lowest BCUT2D eigenvalue weighted by atomic mass is 10.2. The van der Waals surface area contributed by atoms with Crippen molar-refractivity contribution in [2.45, 2.75) is 18.7 Å². The van der Waals surface area contributed by atoms with Gasteiger partial charge in [0.1, 0.15) is 18.1 Å². The zero-order chi connectivity index (χ0) is 16.9. The molecule has 2 aromatic carbocycles. The maximum Gasteiger partial charge on any atom is 0.240 e. The molecule has 23 heavy (non-hydrogen) atoms. The van der Waals surface area contributed by atoms with Crippen LogP contribution >= 0.6 is 0 Å². The van der Waals surface area contributed by atoms with E-state index in [2.05, 4.69) is 4.72 Å². The van der Waals surface area contributed by atoms with Crippen LogP contribution in [0.15, 0.2) is 47.4 Å². The lowest BCUT2D eigenvalue weighted by Crippen LogP contribution is -2.28. The highest BCUT2D eigenvalue weighted by Gasteiger charge is 2.16. The summed E-state index contributed by atoms with van der Waals surface area (Å²) in [6, 6.07) is 12.5. The molecule has 0 bridgehead atoms. The Kier molecular flexibility index (Phi) is 5.63. The summed E-state index contributed by atoms with van der Waals surface area (Å²) in [5, 5.41) is 0. The molecule has 1 N–H and O–H groups in total. The number of rotatable bonds is 7. The number of hydrogen-bond donors (Lipinski definition) is 1. The van der Waals surface area contributed by atoms with E-state index in [0.29, 0.717) is 16.4 Å². The summed E-state index contributed by atoms with van der Waals surface area (Å²) in [4.78, 5) is 0.305. The molecule has 0 amide bonds. The van der Waals surface area contributed by atoms with Gasteiger partial charge < -0.3 is 9.47 Å². The minimum Gasteiger partial charge on any atom is -0.497 e. The first-order valence-electron chi connectivity index (χ1n) is 7.26. The SMILES string of the molecule is COc1cccc(OCCNS(=O)(=O)c2cc(C)ccc2C)c1. The topological polar surface area (TPSA) is 64.6 Å². The third kappa shape index (κ3) is 4.71. The van der Waals surface area contributed by atoms with Gasteiger partial charge in [-0.05, 0) is 43.2 Å². The summed E-state index contributed by atoms with van der Waals surface area (Å²) in [7, 11) is -1.95. The number of nitrogens with one attached hydrogen (secondary N) is 1. The molecule has 0 unspecified atom stereocenters. The van der Waals surface area contributed by atoms with Gasteiger partial charge in [0.05, 0.1) is 12.0 Å². The van der Waals surface area contributed by atoms with E-state index in [1.54, 1.807) is 38.3 Å². The summed E-state index contributed by atoms with van der Waals surface area (Å²) < 4.78 is 37.9. The molecule has 2 rings (SSSR count). The third-order valence-corrected chi connectivity index (χ3v) is 4.94. The van der Waals surface area contributed by atoms with E-state index in [1.165, 1.54) is 0 Å². The van der Waals surface area contributed by atoms with Crippen molar-refractivity contribution < 1.29 is 17.9 Å². The molecule has 0 spiro atoms. The molecule has 0 saturated carbocycles. The fourth-order valence-corrected chi connectivity index (χ4v) is 3.45. The molecule has 0 aliphatic heterocycles. The lowest BCUT2D eigenvalue weighted by molar-refractivity contribution is 0.320. The maximum absolute atomic E-state index is 12.3. The Morgan fingerprint density at radius 3 is 2.52 bits per heavy atom. The summed E-state index contributed by atoms with van der Waals surface area (Å²) in [5.41, 5.74) is 1.63. The molecular formula is C17H21NO4S. The molecule has 124 valence electrons. The standard InChI is InChI=1S/C17H21NO4S/c1-13-7-8-14(2)17(11-13)23(19,20)18-9-10-22-16-6-4-5-15(12-16)21-3/h4-8,11-12,18H,9-10H2,1-3H3. The fourth-order valence-electron chi connectivity index (χ4n) is 2.11. The highest BCUT2D eigenvalue weighted by molar-refractivity contribution is 7.89. The summed E-state index contributed by atoms with van der Waals surface area (Å²) in [6.07, 6.45) is 0. The molecular weight excluding hydrogens is 314 g/mol. The van der Waals surface area contributed by atoms with Gasteiger partial charge >= 0.3 is 0 Å². The molecule has 0 aromatic heterocycles. The van der Waals surface area contributed by atoms with E-state index in [-0.39, 0.29) is 13.2 Å². The second-order valence-electron chi connectivity index (χ2n) is 5.19. The predicted octanol–water partition coefficient (Wildman–Crippen LogP) is 2.67. The second-order valence-corrected chi connectivity index (χ2v) is 6.93. The molecule has 0 aliphatic carbocycles. The van der Waals surface area contributed by atoms with E-state index >= 15 is 0 Å². The minimum atomic E-state index is -3.54. The van der Waals surface area contributed by atoms with Gasteiger partial charge in [-0.1, -0.05) is 18.2 Å². The Morgan fingerprint density at radius 2 is 1.78 bits per heavy atom. The first-order valence-corrected chi connectivity index (χ1v) is 8.74. The van der Waals surface area contributed by atoms with Crippen LogP contribution in [0.4, 0.5) is 0 Å². The van der Waals surface area contributed by atoms with Crippen LogP contribution < -0.4 is 14.2 Å². The Hall–Kier alpha value is -2.05. The largest absolute Gasteiger partial charge is 0.497 e. The van der Waals surface area contributed by atoms with Crippen molar-refractivity contribution in [1.82, 2.24) is 4.72 Å². The number of aryl methyl sites for hydroxylation is 2. The maximum atomic E-state index is 12.3. The summed E-state index contributed by atoms with van der Waals surface area (Å²) >= 11 is 0. The molecule has 0 saturated heterocycles. The summed E-state index contributed by atoms with van der Waals surface area (Å²) in [6.45, 7) is 4.06. The number of hydrogen-bond acceptors (Lipinski definition) is 4. The van der Waals surface area contributed by atoms with Crippen molar-refractivity contribution in [3.63, 3.8) is 0 Å². The molecule has 0 aliphatic rings.